The van der Waals surface area contributed by atoms with Crippen LogP contribution < -0.4 is 9.62 Å². The Kier molecular flexibility index (Phi) is 10.3. The van der Waals surface area contributed by atoms with Crippen LogP contribution in [-0.2, 0) is 26.2 Å². The highest BCUT2D eigenvalue weighted by molar-refractivity contribution is 9.10. The molecule has 2 amide bonds. The lowest BCUT2D eigenvalue weighted by Gasteiger charge is -2.32. The van der Waals surface area contributed by atoms with Gasteiger partial charge in [0.05, 0.1) is 10.6 Å². The summed E-state index contributed by atoms with van der Waals surface area (Å²) in [6.45, 7) is 6.55. The minimum Gasteiger partial charge on any atom is -0.352 e. The van der Waals surface area contributed by atoms with Crippen molar-refractivity contribution in [3.05, 3.63) is 94.2 Å². The molecule has 0 radical (unpaired) electrons. The van der Waals surface area contributed by atoms with Gasteiger partial charge in [-0.1, -0.05) is 64.8 Å². The van der Waals surface area contributed by atoms with Crippen LogP contribution in [0.15, 0.2) is 82.2 Å². The third-order valence-corrected chi connectivity index (χ3v) is 8.69. The van der Waals surface area contributed by atoms with E-state index >= 15 is 0 Å². The van der Waals surface area contributed by atoms with E-state index in [1.165, 1.54) is 35.2 Å². The summed E-state index contributed by atoms with van der Waals surface area (Å²) in [7, 11) is -4.33. The highest BCUT2D eigenvalue weighted by Gasteiger charge is 2.33. The fourth-order valence-electron chi connectivity index (χ4n) is 3.88. The number of anilines is 1. The minimum atomic E-state index is -4.33. The summed E-state index contributed by atoms with van der Waals surface area (Å²) in [5.74, 6) is -1.81. The van der Waals surface area contributed by atoms with Gasteiger partial charge in [0.2, 0.25) is 11.8 Å². The summed E-state index contributed by atoms with van der Waals surface area (Å²) in [4.78, 5) is 28.2. The third kappa shape index (κ3) is 7.67. The lowest BCUT2D eigenvalue weighted by molar-refractivity contribution is -0.139. The molecule has 0 saturated heterocycles. The number of sulfonamides is 1. The Morgan fingerprint density at radius 1 is 1.00 bits per heavy atom. The first-order chi connectivity index (χ1) is 18.4. The van der Waals surface area contributed by atoms with Crippen molar-refractivity contribution < 1.29 is 22.4 Å². The van der Waals surface area contributed by atoms with Crippen molar-refractivity contribution in [2.24, 2.45) is 0 Å². The monoisotopic (exact) mass is 617 g/mol. The lowest BCUT2D eigenvalue weighted by Crippen LogP contribution is -2.52. The maximum absolute atomic E-state index is 15.0. The molecule has 0 aliphatic rings. The molecule has 39 heavy (non-hydrogen) atoms. The number of para-hydroxylation sites is 1. The van der Waals surface area contributed by atoms with Crippen LogP contribution in [-0.4, -0.2) is 43.8 Å². The number of benzene rings is 3. The zero-order valence-electron chi connectivity index (χ0n) is 22.4. The molecular weight excluding hydrogens is 585 g/mol. The first-order valence-electron chi connectivity index (χ1n) is 12.6. The normalized spacial score (nSPS) is 12.9. The van der Waals surface area contributed by atoms with Crippen LogP contribution in [0.1, 0.15) is 38.3 Å². The van der Waals surface area contributed by atoms with Crippen LogP contribution in [0, 0.1) is 12.7 Å². The summed E-state index contributed by atoms with van der Waals surface area (Å²) in [5.41, 5.74) is 1.33. The average Bonchev–Trinajstić information content (AvgIpc) is 2.90. The fourth-order valence-corrected chi connectivity index (χ4v) is 5.75. The maximum Gasteiger partial charge on any atom is 0.264 e. The number of nitrogens with one attached hydrogen (secondary N) is 1. The topological polar surface area (TPSA) is 86.8 Å². The van der Waals surface area contributed by atoms with Gasteiger partial charge in [0.15, 0.2) is 0 Å². The molecule has 208 valence electrons. The van der Waals surface area contributed by atoms with Crippen molar-refractivity contribution in [2.75, 3.05) is 10.8 Å². The Bertz CT molecular complexity index is 1420. The zero-order valence-corrected chi connectivity index (χ0v) is 24.8. The second-order valence-electron chi connectivity index (χ2n) is 9.42. The summed E-state index contributed by atoms with van der Waals surface area (Å²) in [5, 5.41) is 2.88. The van der Waals surface area contributed by atoms with E-state index in [0.717, 1.165) is 26.0 Å². The van der Waals surface area contributed by atoms with Gasteiger partial charge in [-0.2, -0.15) is 0 Å². The molecule has 0 aliphatic heterocycles. The van der Waals surface area contributed by atoms with Gasteiger partial charge < -0.3 is 10.2 Å². The average molecular weight is 619 g/mol. The first-order valence-corrected chi connectivity index (χ1v) is 14.9. The molecule has 2 atom stereocenters. The molecular formula is C29H33BrFN3O4S. The Hall–Kier alpha value is -3.24. The van der Waals surface area contributed by atoms with Crippen LogP contribution >= 0.6 is 15.9 Å². The Labute approximate surface area is 238 Å². The van der Waals surface area contributed by atoms with Crippen molar-refractivity contribution in [2.45, 2.75) is 57.6 Å². The highest BCUT2D eigenvalue weighted by Crippen LogP contribution is 2.27. The molecule has 0 spiro atoms. The summed E-state index contributed by atoms with van der Waals surface area (Å²) < 4.78 is 44.0. The van der Waals surface area contributed by atoms with Crippen LogP contribution in [0.2, 0.25) is 0 Å². The Balaban J connectivity index is 2.04. The van der Waals surface area contributed by atoms with Crippen LogP contribution in [0.4, 0.5) is 10.1 Å². The van der Waals surface area contributed by atoms with Gasteiger partial charge in [-0.05, 0) is 69.2 Å². The predicted octanol–water partition coefficient (Wildman–Crippen LogP) is 5.42. The van der Waals surface area contributed by atoms with Gasteiger partial charge in [0, 0.05) is 17.1 Å². The molecule has 3 aromatic rings. The van der Waals surface area contributed by atoms with Crippen molar-refractivity contribution in [3.8, 4) is 0 Å². The molecule has 0 bridgehead atoms. The highest BCUT2D eigenvalue weighted by atomic mass is 79.9. The van der Waals surface area contributed by atoms with E-state index in [-0.39, 0.29) is 29.1 Å². The lowest BCUT2D eigenvalue weighted by atomic mass is 10.1. The largest absolute Gasteiger partial charge is 0.352 e. The molecule has 0 aromatic heterocycles. The van der Waals surface area contributed by atoms with E-state index < -0.39 is 34.3 Å². The molecule has 1 N–H and O–H groups in total. The second kappa shape index (κ2) is 13.2. The number of amides is 2. The van der Waals surface area contributed by atoms with Gasteiger partial charge in [-0.15, -0.1) is 0 Å². The Morgan fingerprint density at radius 2 is 1.67 bits per heavy atom. The standard InChI is InChI=1S/C29H33BrFN3O4S/c1-5-21(3)32-29(36)22(4)33(18-23-9-8-10-24(30)17-23)28(35)19-34(27-12-7-6-11-26(27)31)39(37,38)25-15-13-20(2)14-16-25/h6-17,21-22H,5,18-19H2,1-4H3,(H,32,36)/t21-,22+/m1/s1. The predicted molar refractivity (Wildman–Crippen MR) is 154 cm³/mol. The molecule has 3 aromatic carbocycles. The molecule has 0 aliphatic carbocycles. The van der Waals surface area contributed by atoms with Crippen LogP contribution in [0.25, 0.3) is 0 Å². The number of carbonyl (C=O) groups excluding carboxylic acids is 2. The third-order valence-electron chi connectivity index (χ3n) is 6.42. The Morgan fingerprint density at radius 3 is 2.28 bits per heavy atom. The first kappa shape index (κ1) is 30.3. The van der Waals surface area contributed by atoms with Gasteiger partial charge in [0.1, 0.15) is 18.4 Å². The fraction of sp³-hybridized carbons (Fsp3) is 0.310. The van der Waals surface area contributed by atoms with Gasteiger partial charge in [0.25, 0.3) is 10.0 Å². The van der Waals surface area contributed by atoms with Crippen molar-refractivity contribution in [1.29, 1.82) is 0 Å². The molecule has 0 heterocycles. The van der Waals surface area contributed by atoms with E-state index in [9.17, 15) is 22.4 Å². The number of aryl methyl sites for hydroxylation is 1. The maximum atomic E-state index is 15.0. The van der Waals surface area contributed by atoms with E-state index in [1.54, 1.807) is 25.1 Å². The van der Waals surface area contributed by atoms with E-state index in [4.69, 9.17) is 0 Å². The number of nitrogens with zero attached hydrogens (tertiary/aromatic N) is 2. The smallest absolute Gasteiger partial charge is 0.264 e. The van der Waals surface area contributed by atoms with Crippen molar-refractivity contribution in [3.63, 3.8) is 0 Å². The summed E-state index contributed by atoms with van der Waals surface area (Å²) >= 11 is 3.42. The van der Waals surface area contributed by atoms with Crippen LogP contribution in [0.3, 0.4) is 0 Å². The summed E-state index contributed by atoms with van der Waals surface area (Å²) in [6.07, 6.45) is 0.702. The van der Waals surface area contributed by atoms with E-state index in [0.29, 0.717) is 6.42 Å². The SMILES string of the molecule is CC[C@@H](C)NC(=O)[C@H](C)N(Cc1cccc(Br)c1)C(=O)CN(c1ccccc1F)S(=O)(=O)c1ccc(C)cc1. The molecule has 3 rings (SSSR count). The molecule has 0 saturated carbocycles. The number of halogens is 2. The van der Waals surface area contributed by atoms with Crippen molar-refractivity contribution in [1.82, 2.24) is 10.2 Å². The van der Waals surface area contributed by atoms with Gasteiger partial charge in [-0.25, -0.2) is 12.8 Å². The summed E-state index contributed by atoms with van der Waals surface area (Å²) in [6, 6.07) is 17.7. The van der Waals surface area contributed by atoms with Gasteiger partial charge in [-0.3, -0.25) is 13.9 Å². The molecule has 10 heteroatoms. The molecule has 0 unspecified atom stereocenters. The number of rotatable bonds is 11. The zero-order chi connectivity index (χ0) is 28.7. The number of hydrogen-bond donors (Lipinski definition) is 1. The van der Waals surface area contributed by atoms with E-state index in [1.807, 2.05) is 39.0 Å². The van der Waals surface area contributed by atoms with Gasteiger partial charge >= 0.3 is 0 Å². The number of hydrogen-bond acceptors (Lipinski definition) is 4. The second-order valence-corrected chi connectivity index (χ2v) is 12.2. The van der Waals surface area contributed by atoms with Crippen molar-refractivity contribution >= 4 is 43.5 Å². The molecule has 7 nitrogen and oxygen atoms in total. The molecule has 0 fully saturated rings. The minimum absolute atomic E-state index is 0.0447. The quantitative estimate of drug-likeness (QED) is 0.311. The van der Waals surface area contributed by atoms with Crippen LogP contribution in [0.5, 0.6) is 0 Å². The number of carbonyl (C=O) groups is 2. The van der Waals surface area contributed by atoms with E-state index in [2.05, 4.69) is 21.2 Å².